The van der Waals surface area contributed by atoms with Gasteiger partial charge in [-0.3, -0.25) is 33.7 Å². The van der Waals surface area contributed by atoms with Gasteiger partial charge in [-0.05, 0) is 99.3 Å². The maximum absolute atomic E-state index is 15.2. The second-order valence-corrected chi connectivity index (χ2v) is 18.6. The van der Waals surface area contributed by atoms with Gasteiger partial charge in [-0.1, -0.05) is 97.6 Å². The van der Waals surface area contributed by atoms with E-state index in [2.05, 4.69) is 39.8 Å². The number of fused-ring (bicyclic) bond motifs is 4. The summed E-state index contributed by atoms with van der Waals surface area (Å²) >= 11 is 2.18. The fourth-order valence-corrected chi connectivity index (χ4v) is 11.5. The lowest BCUT2D eigenvalue weighted by Gasteiger charge is -2.46. The Labute approximate surface area is 404 Å². The standard InChI is InChI=1S/C52H45IN4O11/c1-2-23-66-49(62)41-44-50(63)68-45(31-11-7-4-8-12-31)43(29-9-5-3-6-10-29)57(44)46(52(41)37-26-33(53)17-22-38(37)55-51(52)64)32-15-20-35(21-16-32)65-24-25-67-48(61)36-27-39-47(60)54-28-40(59)56(39)42(36)30-13-18-34(58)19-14-30/h2-22,26,36,39,41-46,58H,1,23-25,27-28H2,(H,54,60)(H,55,64)/t36-,39-,41+,42-,43+,44+,45-,46-,52+/m1/s1. The summed E-state index contributed by atoms with van der Waals surface area (Å²) in [6.45, 7) is 3.19. The van der Waals surface area contributed by atoms with E-state index < -0.39 is 77.4 Å². The zero-order valence-corrected chi connectivity index (χ0v) is 38.5. The number of amides is 3. The van der Waals surface area contributed by atoms with Crippen LogP contribution in [0.1, 0.15) is 58.5 Å². The van der Waals surface area contributed by atoms with Crippen molar-refractivity contribution in [3.8, 4) is 11.5 Å². The van der Waals surface area contributed by atoms with Crippen LogP contribution in [-0.4, -0.2) is 89.0 Å². The van der Waals surface area contributed by atoms with Crippen molar-refractivity contribution in [3.05, 3.63) is 171 Å². The Hall–Kier alpha value is -7.05. The number of rotatable bonds is 12. The number of carbonyl (C=O) groups is 6. The van der Waals surface area contributed by atoms with Crippen molar-refractivity contribution >= 4 is 63.9 Å². The molecule has 5 aliphatic rings. The molecule has 68 heavy (non-hydrogen) atoms. The Bertz CT molecular complexity index is 2810. The van der Waals surface area contributed by atoms with Gasteiger partial charge in [0.1, 0.15) is 60.8 Å². The predicted molar refractivity (Wildman–Crippen MR) is 252 cm³/mol. The van der Waals surface area contributed by atoms with E-state index in [9.17, 15) is 29.1 Å². The second-order valence-electron chi connectivity index (χ2n) is 17.3. The number of piperazine rings is 1. The van der Waals surface area contributed by atoms with Crippen molar-refractivity contribution < 1.29 is 52.8 Å². The van der Waals surface area contributed by atoms with Gasteiger partial charge in [0, 0.05) is 9.26 Å². The van der Waals surface area contributed by atoms with Crippen LogP contribution in [0, 0.1) is 15.4 Å². The molecule has 15 nitrogen and oxygen atoms in total. The lowest BCUT2D eigenvalue weighted by Crippen LogP contribution is -2.56. The second kappa shape index (κ2) is 18.2. The van der Waals surface area contributed by atoms with Crippen molar-refractivity contribution in [2.45, 2.75) is 48.1 Å². The highest BCUT2D eigenvalue weighted by atomic mass is 127. The van der Waals surface area contributed by atoms with Crippen LogP contribution in [0.25, 0.3) is 0 Å². The number of aromatic hydroxyl groups is 1. The van der Waals surface area contributed by atoms with Gasteiger partial charge in [0.2, 0.25) is 17.7 Å². The third kappa shape index (κ3) is 7.55. The summed E-state index contributed by atoms with van der Waals surface area (Å²) in [5, 5.41) is 15.6. The van der Waals surface area contributed by atoms with E-state index in [1.54, 1.807) is 42.5 Å². The number of esters is 3. The molecule has 0 aromatic heterocycles. The van der Waals surface area contributed by atoms with Gasteiger partial charge in [-0.25, -0.2) is 0 Å². The average Bonchev–Trinajstić information content (AvgIpc) is 4.01. The van der Waals surface area contributed by atoms with Gasteiger partial charge >= 0.3 is 17.9 Å². The summed E-state index contributed by atoms with van der Waals surface area (Å²) < 4.78 is 24.9. The van der Waals surface area contributed by atoms with Crippen molar-refractivity contribution in [1.29, 1.82) is 0 Å². The number of phenolic OH excluding ortho intramolecular Hbond substituents is 1. The van der Waals surface area contributed by atoms with Crippen LogP contribution in [0.2, 0.25) is 0 Å². The van der Waals surface area contributed by atoms with E-state index in [4.69, 9.17) is 18.9 Å². The van der Waals surface area contributed by atoms with Crippen LogP contribution < -0.4 is 15.4 Å². The van der Waals surface area contributed by atoms with Gasteiger partial charge in [-0.15, -0.1) is 0 Å². The van der Waals surface area contributed by atoms with E-state index in [0.717, 1.165) is 14.7 Å². The summed E-state index contributed by atoms with van der Waals surface area (Å²) in [7, 11) is 0. The molecular weight excluding hydrogens is 983 g/mol. The summed E-state index contributed by atoms with van der Waals surface area (Å²) in [4.78, 5) is 87.8. The van der Waals surface area contributed by atoms with Crippen LogP contribution >= 0.6 is 22.6 Å². The first-order valence-electron chi connectivity index (χ1n) is 22.2. The molecule has 0 unspecified atom stereocenters. The number of hydrogen-bond donors (Lipinski definition) is 3. The highest BCUT2D eigenvalue weighted by Gasteiger charge is 2.74. The smallest absolute Gasteiger partial charge is 0.325 e. The average molecular weight is 1030 g/mol. The van der Waals surface area contributed by atoms with Crippen LogP contribution in [0.4, 0.5) is 5.69 Å². The Kier molecular flexibility index (Phi) is 12.0. The van der Waals surface area contributed by atoms with E-state index in [-0.39, 0.29) is 50.4 Å². The van der Waals surface area contributed by atoms with E-state index in [1.165, 1.54) is 23.1 Å². The number of nitrogens with zero attached hydrogens (tertiary/aromatic N) is 2. The number of benzene rings is 5. The number of phenols is 1. The molecule has 0 aliphatic carbocycles. The number of carbonyl (C=O) groups excluding carboxylic acids is 6. The number of cyclic esters (lactones) is 1. The fourth-order valence-electron chi connectivity index (χ4n) is 11.0. The molecule has 1 spiro atoms. The minimum atomic E-state index is -1.70. The summed E-state index contributed by atoms with van der Waals surface area (Å²) in [6.07, 6.45) is 0.662. The molecule has 5 aliphatic heterocycles. The Morgan fingerprint density at radius 2 is 1.47 bits per heavy atom. The molecular formula is C52H45IN4O11. The highest BCUT2D eigenvalue weighted by molar-refractivity contribution is 14.1. The topological polar surface area (TPSA) is 190 Å². The molecule has 16 heteroatoms. The molecule has 5 aromatic carbocycles. The Balaban J connectivity index is 0.983. The number of anilines is 1. The molecule has 0 radical (unpaired) electrons. The summed E-state index contributed by atoms with van der Waals surface area (Å²) in [5.41, 5.74) is 2.07. The maximum atomic E-state index is 15.2. The molecule has 5 heterocycles. The zero-order chi connectivity index (χ0) is 47.3. The van der Waals surface area contributed by atoms with E-state index in [1.807, 2.05) is 77.7 Å². The number of morpholine rings is 1. The Morgan fingerprint density at radius 3 is 2.18 bits per heavy atom. The first-order chi connectivity index (χ1) is 33.0. The molecule has 10 rings (SSSR count). The SMILES string of the molecule is C=CCOC(=O)[C@@H]1[C@H]2C(=O)O[C@H](c3ccccc3)[C@H](c3ccccc3)N2[C@H](c2ccc(OCCOC(=O)[C@@H]3C[C@@H]4C(=O)NCC(=O)N4[C@@H]3c3ccc(O)cc3)cc2)[C@@]12C(=O)Nc1ccc(I)cc12. The highest BCUT2D eigenvalue weighted by Crippen LogP contribution is 2.65. The number of ether oxygens (including phenoxy) is 4. The minimum absolute atomic E-state index is 0.0174. The molecule has 0 saturated carbocycles. The molecule has 4 fully saturated rings. The van der Waals surface area contributed by atoms with Crippen molar-refractivity contribution in [2.75, 3.05) is 31.7 Å². The largest absolute Gasteiger partial charge is 0.508 e. The number of nitrogens with one attached hydrogen (secondary N) is 2. The lowest BCUT2D eigenvalue weighted by atomic mass is 9.65. The van der Waals surface area contributed by atoms with Crippen molar-refractivity contribution in [1.82, 2.24) is 15.1 Å². The normalized spacial score (nSPS) is 27.0. The van der Waals surface area contributed by atoms with Gasteiger partial charge in [0.15, 0.2) is 0 Å². The maximum Gasteiger partial charge on any atom is 0.325 e. The summed E-state index contributed by atoms with van der Waals surface area (Å²) in [6, 6.07) is 33.2. The lowest BCUT2D eigenvalue weighted by molar-refractivity contribution is -0.180. The first kappa shape index (κ1) is 44.8. The summed E-state index contributed by atoms with van der Waals surface area (Å²) in [5.74, 6) is -4.97. The van der Waals surface area contributed by atoms with E-state index in [0.29, 0.717) is 28.1 Å². The first-order valence-corrected chi connectivity index (χ1v) is 23.3. The number of hydrogen-bond acceptors (Lipinski definition) is 12. The van der Waals surface area contributed by atoms with Crippen LogP contribution in [0.5, 0.6) is 11.5 Å². The van der Waals surface area contributed by atoms with E-state index >= 15 is 4.79 Å². The predicted octanol–water partition coefficient (Wildman–Crippen LogP) is 6.01. The third-order valence-electron chi connectivity index (χ3n) is 13.7. The van der Waals surface area contributed by atoms with Crippen molar-refractivity contribution in [3.63, 3.8) is 0 Å². The molecule has 346 valence electrons. The monoisotopic (exact) mass is 1030 g/mol. The molecule has 3 N–H and O–H groups in total. The quantitative estimate of drug-likeness (QED) is 0.0435. The Morgan fingerprint density at radius 1 is 0.794 bits per heavy atom. The van der Waals surface area contributed by atoms with Crippen molar-refractivity contribution in [2.24, 2.45) is 11.8 Å². The van der Waals surface area contributed by atoms with Gasteiger partial charge in [0.25, 0.3) is 0 Å². The number of halogens is 1. The van der Waals surface area contributed by atoms with Gasteiger partial charge in [0.05, 0.1) is 30.6 Å². The zero-order valence-electron chi connectivity index (χ0n) is 36.4. The van der Waals surface area contributed by atoms with Crippen LogP contribution in [0.3, 0.4) is 0 Å². The van der Waals surface area contributed by atoms with Gasteiger partial charge in [-0.2, -0.15) is 0 Å². The molecule has 5 aromatic rings. The third-order valence-corrected chi connectivity index (χ3v) is 14.4. The molecule has 0 bridgehead atoms. The van der Waals surface area contributed by atoms with Crippen LogP contribution in [0.15, 0.2) is 140 Å². The minimum Gasteiger partial charge on any atom is -0.508 e. The van der Waals surface area contributed by atoms with Crippen LogP contribution in [-0.2, 0) is 48.4 Å². The molecule has 9 atom stereocenters. The molecule has 3 amide bonds. The molecule has 4 saturated heterocycles. The van der Waals surface area contributed by atoms with Gasteiger partial charge < -0.3 is 39.6 Å². The fraction of sp³-hybridized carbons (Fsp3) is 0.269.